The quantitative estimate of drug-likeness (QED) is 0.566. The zero-order valence-electron chi connectivity index (χ0n) is 15.2. The molecule has 2 aromatic carbocycles. The van der Waals surface area contributed by atoms with Gasteiger partial charge >= 0.3 is 0 Å². The monoisotopic (exact) mass is 398 g/mol. The van der Waals surface area contributed by atoms with E-state index in [-0.39, 0.29) is 17.7 Å². The van der Waals surface area contributed by atoms with E-state index in [9.17, 15) is 8.78 Å². The van der Waals surface area contributed by atoms with Crippen LogP contribution < -0.4 is 0 Å². The van der Waals surface area contributed by atoms with E-state index in [1.807, 2.05) is 30.5 Å². The van der Waals surface area contributed by atoms with Crippen LogP contribution in [0.2, 0.25) is 0 Å². The molecule has 0 spiro atoms. The number of hydrogen-bond donors (Lipinski definition) is 0. The van der Waals surface area contributed by atoms with Crippen LogP contribution in [0.5, 0.6) is 0 Å². The first kappa shape index (κ1) is 18.7. The second-order valence-electron chi connectivity index (χ2n) is 6.69. The number of halogens is 2. The molecule has 144 valence electrons. The van der Waals surface area contributed by atoms with Gasteiger partial charge < -0.3 is 9.30 Å². The molecule has 3 aromatic rings. The Morgan fingerprint density at radius 3 is 2.36 bits per heavy atom. The Balaban J connectivity index is 1.35. The second kappa shape index (κ2) is 8.61. The predicted octanol–water partition coefficient (Wildman–Crippen LogP) is 4.89. The third kappa shape index (κ3) is 4.62. The van der Waals surface area contributed by atoms with Gasteiger partial charge in [-0.3, -0.25) is 0 Å². The first-order chi connectivity index (χ1) is 13.7. The van der Waals surface area contributed by atoms with Gasteiger partial charge in [-0.1, -0.05) is 24.3 Å². The van der Waals surface area contributed by atoms with Crippen LogP contribution in [-0.2, 0) is 17.0 Å². The summed E-state index contributed by atoms with van der Waals surface area (Å²) in [4.78, 5) is 4.72. The summed E-state index contributed by atoms with van der Waals surface area (Å²) in [5.74, 6) is 1.87. The minimum absolute atomic E-state index is 0.106. The summed E-state index contributed by atoms with van der Waals surface area (Å²) < 4.78 is 33.9. The third-order valence-corrected chi connectivity index (χ3v) is 5.68. The van der Waals surface area contributed by atoms with Crippen LogP contribution in [0.25, 0.3) is 0 Å². The average Bonchev–Trinajstić information content (AvgIpc) is 3.34. The summed E-state index contributed by atoms with van der Waals surface area (Å²) in [6.45, 7) is 1.20. The van der Waals surface area contributed by atoms with E-state index in [2.05, 4.69) is 4.57 Å². The van der Waals surface area contributed by atoms with Crippen LogP contribution in [-0.4, -0.2) is 28.9 Å². The number of nitrogens with zero attached hydrogens (tertiary/aromatic N) is 2. The van der Waals surface area contributed by atoms with Crippen molar-refractivity contribution in [1.82, 2.24) is 4.57 Å². The van der Waals surface area contributed by atoms with Gasteiger partial charge in [0.2, 0.25) is 5.90 Å². The smallest absolute Gasteiger partial charge is 0.233 e. The van der Waals surface area contributed by atoms with Crippen LogP contribution in [0.15, 0.2) is 71.9 Å². The second-order valence-corrected chi connectivity index (χ2v) is 7.72. The zero-order chi connectivity index (χ0) is 19.3. The Bertz CT molecular complexity index is 951. The van der Waals surface area contributed by atoms with Gasteiger partial charge in [-0.25, -0.2) is 13.8 Å². The summed E-state index contributed by atoms with van der Waals surface area (Å²) in [6.07, 6.45) is 1.97. The van der Waals surface area contributed by atoms with Crippen molar-refractivity contribution in [3.63, 3.8) is 0 Å². The number of rotatable bonds is 7. The molecule has 0 bridgehead atoms. The SMILES string of the molecule is Fc1ccc(CSC[C@@H]2COC(c3cccn3Cc3ccc(F)cc3)=N2)cc1. The van der Waals surface area contributed by atoms with E-state index in [0.717, 1.165) is 28.3 Å². The summed E-state index contributed by atoms with van der Waals surface area (Å²) in [5, 5.41) is 0. The molecule has 1 aromatic heterocycles. The van der Waals surface area contributed by atoms with Crippen molar-refractivity contribution in [2.75, 3.05) is 12.4 Å². The number of ether oxygens (including phenoxy) is 1. The molecule has 0 radical (unpaired) electrons. The van der Waals surface area contributed by atoms with Crippen LogP contribution in [0, 0.1) is 11.6 Å². The van der Waals surface area contributed by atoms with Crippen molar-refractivity contribution in [3.05, 3.63) is 95.3 Å². The number of hydrogen-bond acceptors (Lipinski definition) is 3. The third-order valence-electron chi connectivity index (χ3n) is 4.52. The molecule has 0 saturated heterocycles. The fourth-order valence-electron chi connectivity index (χ4n) is 3.07. The molecule has 1 aliphatic heterocycles. The van der Waals surface area contributed by atoms with Crippen molar-refractivity contribution in [1.29, 1.82) is 0 Å². The first-order valence-corrected chi connectivity index (χ1v) is 10.3. The highest BCUT2D eigenvalue weighted by molar-refractivity contribution is 7.98. The van der Waals surface area contributed by atoms with E-state index in [1.54, 1.807) is 23.9 Å². The Kier molecular flexibility index (Phi) is 5.76. The molecule has 0 fully saturated rings. The number of aromatic nitrogens is 1. The van der Waals surface area contributed by atoms with Gasteiger partial charge in [-0.2, -0.15) is 11.8 Å². The number of aliphatic imine (C=N–C) groups is 1. The lowest BCUT2D eigenvalue weighted by atomic mass is 10.2. The number of benzene rings is 2. The van der Waals surface area contributed by atoms with Gasteiger partial charge in [0, 0.05) is 24.2 Å². The highest BCUT2D eigenvalue weighted by atomic mass is 32.2. The molecule has 0 N–H and O–H groups in total. The lowest BCUT2D eigenvalue weighted by Gasteiger charge is -2.09. The standard InChI is InChI=1S/C22H20F2N2OS/c23-18-7-3-16(4-8-18)12-26-11-1-2-21(26)22-25-20(13-27-22)15-28-14-17-5-9-19(24)10-6-17/h1-11,20H,12-15H2/t20-/m0/s1. The molecule has 1 aliphatic rings. The zero-order valence-corrected chi connectivity index (χ0v) is 16.0. The summed E-state index contributed by atoms with van der Waals surface area (Å²) in [6, 6.07) is 17.1. The summed E-state index contributed by atoms with van der Waals surface area (Å²) in [5.41, 5.74) is 3.04. The maximum Gasteiger partial charge on any atom is 0.233 e. The van der Waals surface area contributed by atoms with E-state index < -0.39 is 0 Å². The molecule has 4 rings (SSSR count). The predicted molar refractivity (Wildman–Crippen MR) is 109 cm³/mol. The molecule has 2 heterocycles. The molecule has 0 unspecified atom stereocenters. The fraction of sp³-hybridized carbons (Fsp3) is 0.227. The highest BCUT2D eigenvalue weighted by Gasteiger charge is 2.22. The lowest BCUT2D eigenvalue weighted by Crippen LogP contribution is -2.11. The molecule has 0 amide bonds. The van der Waals surface area contributed by atoms with Gasteiger partial charge in [-0.15, -0.1) is 0 Å². The van der Waals surface area contributed by atoms with Crippen molar-refractivity contribution >= 4 is 17.7 Å². The van der Waals surface area contributed by atoms with E-state index >= 15 is 0 Å². The van der Waals surface area contributed by atoms with Gasteiger partial charge in [0.25, 0.3) is 0 Å². The van der Waals surface area contributed by atoms with Crippen molar-refractivity contribution in [2.24, 2.45) is 4.99 Å². The van der Waals surface area contributed by atoms with Gasteiger partial charge in [-0.05, 0) is 47.5 Å². The van der Waals surface area contributed by atoms with Crippen LogP contribution in [0.4, 0.5) is 8.78 Å². The fourth-order valence-corrected chi connectivity index (χ4v) is 4.06. The van der Waals surface area contributed by atoms with Crippen LogP contribution in [0.1, 0.15) is 16.8 Å². The maximum atomic E-state index is 13.1. The molecular formula is C22H20F2N2OS. The van der Waals surface area contributed by atoms with E-state index in [0.29, 0.717) is 19.0 Å². The highest BCUT2D eigenvalue weighted by Crippen LogP contribution is 2.20. The topological polar surface area (TPSA) is 26.5 Å². The van der Waals surface area contributed by atoms with E-state index in [4.69, 9.17) is 9.73 Å². The minimum Gasteiger partial charge on any atom is -0.474 e. The molecule has 3 nitrogen and oxygen atoms in total. The molecule has 0 aliphatic carbocycles. The molecule has 1 atom stereocenters. The minimum atomic E-state index is -0.235. The van der Waals surface area contributed by atoms with Crippen molar-refractivity contribution in [2.45, 2.75) is 18.3 Å². The average molecular weight is 398 g/mol. The van der Waals surface area contributed by atoms with Crippen molar-refractivity contribution < 1.29 is 13.5 Å². The summed E-state index contributed by atoms with van der Waals surface area (Å²) >= 11 is 1.77. The normalized spacial score (nSPS) is 16.1. The van der Waals surface area contributed by atoms with Crippen LogP contribution >= 0.6 is 11.8 Å². The Morgan fingerprint density at radius 2 is 1.64 bits per heavy atom. The molecular weight excluding hydrogens is 378 g/mol. The Morgan fingerprint density at radius 1 is 0.964 bits per heavy atom. The Labute approximate surface area is 167 Å². The number of thioether (sulfide) groups is 1. The molecule has 6 heteroatoms. The summed E-state index contributed by atoms with van der Waals surface area (Å²) in [7, 11) is 0. The first-order valence-electron chi connectivity index (χ1n) is 9.10. The van der Waals surface area contributed by atoms with Gasteiger partial charge in [0.1, 0.15) is 23.9 Å². The molecule has 0 saturated carbocycles. The molecule has 28 heavy (non-hydrogen) atoms. The van der Waals surface area contributed by atoms with E-state index in [1.165, 1.54) is 24.3 Å². The Hall–Kier alpha value is -2.60. The van der Waals surface area contributed by atoms with Gasteiger partial charge in [0.05, 0.1) is 6.04 Å². The van der Waals surface area contributed by atoms with Crippen molar-refractivity contribution in [3.8, 4) is 0 Å². The largest absolute Gasteiger partial charge is 0.474 e. The van der Waals surface area contributed by atoms with Gasteiger partial charge in [0.15, 0.2) is 0 Å². The lowest BCUT2D eigenvalue weighted by molar-refractivity contribution is 0.323. The maximum absolute atomic E-state index is 13.1. The van der Waals surface area contributed by atoms with Crippen LogP contribution in [0.3, 0.4) is 0 Å².